The van der Waals surface area contributed by atoms with Crippen LogP contribution in [0.1, 0.15) is 25.7 Å². The Morgan fingerprint density at radius 1 is 1.11 bits per heavy atom. The molecule has 1 aliphatic rings. The quantitative estimate of drug-likeness (QED) is 0.757. The lowest BCUT2D eigenvalue weighted by Gasteiger charge is -2.31. The van der Waals surface area contributed by atoms with Gasteiger partial charge in [-0.05, 0) is 37.5 Å². The van der Waals surface area contributed by atoms with E-state index in [1.54, 1.807) is 18.2 Å². The van der Waals surface area contributed by atoms with Crippen LogP contribution in [0, 0.1) is 5.92 Å². The van der Waals surface area contributed by atoms with E-state index in [0.29, 0.717) is 22.2 Å². The van der Waals surface area contributed by atoms with Crippen molar-refractivity contribution < 1.29 is 13.2 Å². The third-order valence-electron chi connectivity index (χ3n) is 3.43. The zero-order valence-corrected chi connectivity index (χ0v) is 11.6. The first-order valence-corrected chi connectivity index (χ1v) is 6.90. The minimum atomic E-state index is -4.10. The predicted octanol–water partition coefficient (Wildman–Crippen LogP) is 5.53. The summed E-state index contributed by atoms with van der Waals surface area (Å²) in [5.41, 5.74) is 0.710. The molecule has 2 atom stereocenters. The summed E-state index contributed by atoms with van der Waals surface area (Å²) in [5.74, 6) is -1.21. The second-order valence-electron chi connectivity index (χ2n) is 4.88. The van der Waals surface area contributed by atoms with Crippen LogP contribution in [0.25, 0.3) is 0 Å². The van der Waals surface area contributed by atoms with Crippen LogP contribution >= 0.6 is 23.2 Å². The monoisotopic (exact) mass is 311 g/mol. The van der Waals surface area contributed by atoms with Gasteiger partial charge < -0.3 is 5.32 Å². The van der Waals surface area contributed by atoms with Crippen molar-refractivity contribution in [2.45, 2.75) is 37.9 Å². The first-order valence-electron chi connectivity index (χ1n) is 6.14. The van der Waals surface area contributed by atoms with E-state index in [4.69, 9.17) is 23.2 Å². The van der Waals surface area contributed by atoms with Gasteiger partial charge in [-0.3, -0.25) is 0 Å². The van der Waals surface area contributed by atoms with E-state index in [2.05, 4.69) is 5.32 Å². The Morgan fingerprint density at radius 3 is 2.47 bits per heavy atom. The molecule has 106 valence electrons. The van der Waals surface area contributed by atoms with E-state index in [0.717, 1.165) is 6.42 Å². The second kappa shape index (κ2) is 5.80. The summed E-state index contributed by atoms with van der Waals surface area (Å²) in [6.45, 7) is 0. The van der Waals surface area contributed by atoms with Crippen molar-refractivity contribution in [2.75, 3.05) is 5.32 Å². The maximum atomic E-state index is 12.7. The Morgan fingerprint density at radius 2 is 1.84 bits per heavy atom. The fraction of sp³-hybridized carbons (Fsp3) is 0.538. The molecule has 6 heteroatoms. The minimum Gasteiger partial charge on any atom is -0.382 e. The van der Waals surface area contributed by atoms with E-state index >= 15 is 0 Å². The van der Waals surface area contributed by atoms with Crippen LogP contribution in [0.2, 0.25) is 10.0 Å². The van der Waals surface area contributed by atoms with Crippen molar-refractivity contribution >= 4 is 28.9 Å². The highest BCUT2D eigenvalue weighted by atomic mass is 35.5. The zero-order valence-electron chi connectivity index (χ0n) is 10.1. The molecular formula is C13H14Cl2F3N. The molecule has 0 heterocycles. The molecule has 1 aliphatic carbocycles. The normalized spacial score (nSPS) is 24.3. The Hall–Kier alpha value is -0.610. The van der Waals surface area contributed by atoms with Gasteiger partial charge >= 0.3 is 6.18 Å². The number of benzene rings is 1. The van der Waals surface area contributed by atoms with Crippen LogP contribution in [0.15, 0.2) is 18.2 Å². The molecule has 1 saturated carbocycles. The van der Waals surface area contributed by atoms with Gasteiger partial charge in [-0.1, -0.05) is 29.6 Å². The van der Waals surface area contributed by atoms with Crippen molar-refractivity contribution in [2.24, 2.45) is 5.92 Å². The summed E-state index contributed by atoms with van der Waals surface area (Å²) in [7, 11) is 0. The molecule has 0 amide bonds. The number of anilines is 1. The van der Waals surface area contributed by atoms with Crippen molar-refractivity contribution in [1.29, 1.82) is 0 Å². The van der Waals surface area contributed by atoms with Crippen LogP contribution in [0.4, 0.5) is 18.9 Å². The third-order valence-corrected chi connectivity index (χ3v) is 4.17. The zero-order chi connectivity index (χ0) is 14.0. The van der Waals surface area contributed by atoms with Crippen molar-refractivity contribution in [3.05, 3.63) is 28.2 Å². The van der Waals surface area contributed by atoms with Gasteiger partial charge in [-0.25, -0.2) is 0 Å². The van der Waals surface area contributed by atoms with E-state index in [9.17, 15) is 13.2 Å². The van der Waals surface area contributed by atoms with Crippen molar-refractivity contribution in [3.63, 3.8) is 0 Å². The van der Waals surface area contributed by atoms with Gasteiger partial charge in [0.25, 0.3) is 0 Å². The topological polar surface area (TPSA) is 12.0 Å². The molecular weight excluding hydrogens is 298 g/mol. The van der Waals surface area contributed by atoms with Crippen LogP contribution in [0.5, 0.6) is 0 Å². The molecule has 0 saturated heterocycles. The molecule has 1 aromatic carbocycles. The van der Waals surface area contributed by atoms with Gasteiger partial charge in [0.05, 0.1) is 16.0 Å². The summed E-state index contributed by atoms with van der Waals surface area (Å²) < 4.78 is 38.1. The highest BCUT2D eigenvalue weighted by molar-refractivity contribution is 6.42. The van der Waals surface area contributed by atoms with Gasteiger partial charge in [0, 0.05) is 11.7 Å². The Bertz CT molecular complexity index is 448. The van der Waals surface area contributed by atoms with Crippen LogP contribution in [0.3, 0.4) is 0 Å². The largest absolute Gasteiger partial charge is 0.391 e. The van der Waals surface area contributed by atoms with Gasteiger partial charge in [-0.15, -0.1) is 0 Å². The molecule has 1 N–H and O–H groups in total. The van der Waals surface area contributed by atoms with Crippen LogP contribution in [-0.2, 0) is 0 Å². The number of halogens is 5. The predicted molar refractivity (Wildman–Crippen MR) is 71.9 cm³/mol. The minimum absolute atomic E-state index is 0.115. The number of rotatable bonds is 2. The first-order chi connectivity index (χ1) is 8.86. The molecule has 2 rings (SSSR count). The highest BCUT2D eigenvalue weighted by Crippen LogP contribution is 2.38. The van der Waals surface area contributed by atoms with Gasteiger partial charge in [0.1, 0.15) is 0 Å². The van der Waals surface area contributed by atoms with E-state index in [1.165, 1.54) is 0 Å². The number of hydrogen-bond acceptors (Lipinski definition) is 1. The van der Waals surface area contributed by atoms with Gasteiger partial charge in [0.2, 0.25) is 0 Å². The summed E-state index contributed by atoms with van der Waals surface area (Å²) in [5, 5.41) is 3.94. The lowest BCUT2D eigenvalue weighted by molar-refractivity contribution is -0.182. The highest BCUT2D eigenvalue weighted by Gasteiger charge is 2.42. The van der Waals surface area contributed by atoms with Crippen LogP contribution < -0.4 is 5.32 Å². The van der Waals surface area contributed by atoms with Gasteiger partial charge in [-0.2, -0.15) is 13.2 Å². The Balaban J connectivity index is 2.00. The molecule has 0 radical (unpaired) electrons. The number of alkyl halides is 3. The molecule has 0 aromatic heterocycles. The maximum absolute atomic E-state index is 12.7. The standard InChI is InChI=1S/C13H14Cl2F3N/c14-11-5-4-10(7-12(11)15)19-9-3-1-2-8(6-9)13(16,17)18/h4-5,7-9,19H,1-3,6H2. The summed E-state index contributed by atoms with van der Waals surface area (Å²) in [4.78, 5) is 0. The van der Waals surface area contributed by atoms with Crippen molar-refractivity contribution in [3.8, 4) is 0 Å². The van der Waals surface area contributed by atoms with Crippen LogP contribution in [-0.4, -0.2) is 12.2 Å². The molecule has 0 spiro atoms. The maximum Gasteiger partial charge on any atom is 0.391 e. The summed E-state index contributed by atoms with van der Waals surface area (Å²) in [6.07, 6.45) is -2.43. The number of nitrogens with one attached hydrogen (secondary N) is 1. The SMILES string of the molecule is FC(F)(F)C1CCCC(Nc2ccc(Cl)c(Cl)c2)C1. The lowest BCUT2D eigenvalue weighted by Crippen LogP contribution is -2.34. The van der Waals surface area contributed by atoms with E-state index in [1.807, 2.05) is 0 Å². The number of hydrogen-bond donors (Lipinski definition) is 1. The average Bonchev–Trinajstić information content (AvgIpc) is 2.33. The molecule has 2 unspecified atom stereocenters. The first kappa shape index (κ1) is 14.8. The van der Waals surface area contributed by atoms with E-state index < -0.39 is 12.1 Å². The molecule has 19 heavy (non-hydrogen) atoms. The average molecular weight is 312 g/mol. The molecule has 1 aromatic rings. The Labute approximate surface area is 120 Å². The van der Waals surface area contributed by atoms with Gasteiger partial charge in [0.15, 0.2) is 0 Å². The molecule has 1 fully saturated rings. The molecule has 1 nitrogen and oxygen atoms in total. The Kier molecular flexibility index (Phi) is 4.51. The summed E-state index contributed by atoms with van der Waals surface area (Å²) in [6, 6.07) is 4.83. The van der Waals surface area contributed by atoms with Crippen molar-refractivity contribution in [1.82, 2.24) is 0 Å². The van der Waals surface area contributed by atoms with E-state index in [-0.39, 0.29) is 18.9 Å². The molecule has 0 aliphatic heterocycles. The fourth-order valence-corrected chi connectivity index (χ4v) is 2.74. The third kappa shape index (κ3) is 3.93. The second-order valence-corrected chi connectivity index (χ2v) is 5.69. The smallest absolute Gasteiger partial charge is 0.382 e. The molecule has 0 bridgehead atoms. The fourth-order valence-electron chi connectivity index (χ4n) is 2.44. The summed E-state index contributed by atoms with van der Waals surface area (Å²) >= 11 is 11.7. The lowest BCUT2D eigenvalue weighted by atomic mass is 9.85.